The fourth-order valence-electron chi connectivity index (χ4n) is 2.05. The second-order valence-corrected chi connectivity index (χ2v) is 6.16. The number of nitrogens with zero attached hydrogens (tertiary/aromatic N) is 2. The molecule has 1 amide bonds. The van der Waals surface area contributed by atoms with Gasteiger partial charge in [-0.1, -0.05) is 0 Å². The van der Waals surface area contributed by atoms with Crippen LogP contribution in [0.5, 0.6) is 5.75 Å². The van der Waals surface area contributed by atoms with Crippen LogP contribution in [0.2, 0.25) is 0 Å². The van der Waals surface area contributed by atoms with E-state index in [1.54, 1.807) is 18.5 Å². The number of carbonyl (C=O) groups is 2. The fraction of sp³-hybridized carbons (Fsp3) is 0.125. The maximum atomic E-state index is 12.1. The molecule has 0 atom stereocenters. The molecule has 2 heterocycles. The molecule has 3 aromatic rings. The molecule has 0 radical (unpaired) electrons. The SMILES string of the molecule is COc1cncc(-c2nc3ccc(C(=O)NOC(=O)C(F)(F)F)cc3s2)c1. The van der Waals surface area contributed by atoms with Crippen molar-refractivity contribution in [1.29, 1.82) is 0 Å². The summed E-state index contributed by atoms with van der Waals surface area (Å²) < 4.78 is 42.0. The molecule has 0 bridgehead atoms. The number of carbonyl (C=O) groups excluding carboxylic acids is 2. The molecule has 0 spiro atoms. The Bertz CT molecular complexity index is 1020. The number of aromatic nitrogens is 2. The second kappa shape index (κ2) is 7.19. The predicted octanol–water partition coefficient (Wildman–Crippen LogP) is 3.12. The number of alkyl halides is 3. The lowest BCUT2D eigenvalue weighted by Gasteiger charge is -2.07. The van der Waals surface area contributed by atoms with E-state index in [2.05, 4.69) is 14.8 Å². The number of fused-ring (bicyclic) bond motifs is 1. The molecule has 0 saturated carbocycles. The highest BCUT2D eigenvalue weighted by Gasteiger charge is 2.42. The van der Waals surface area contributed by atoms with Crippen LogP contribution in [0.3, 0.4) is 0 Å². The maximum Gasteiger partial charge on any atom is 0.493 e. The molecule has 1 aromatic carbocycles. The van der Waals surface area contributed by atoms with Crippen LogP contribution in [0.1, 0.15) is 10.4 Å². The summed E-state index contributed by atoms with van der Waals surface area (Å²) in [7, 11) is 1.51. The number of methoxy groups -OCH3 is 1. The summed E-state index contributed by atoms with van der Waals surface area (Å²) in [5.74, 6) is -2.95. The summed E-state index contributed by atoms with van der Waals surface area (Å²) in [5, 5.41) is 0.623. The molecule has 0 aliphatic rings. The normalized spacial score (nSPS) is 11.3. The molecule has 0 fully saturated rings. The van der Waals surface area contributed by atoms with Crippen molar-refractivity contribution in [3.8, 4) is 16.3 Å². The third-order valence-electron chi connectivity index (χ3n) is 3.31. The van der Waals surface area contributed by atoms with Gasteiger partial charge in [0, 0.05) is 17.3 Å². The van der Waals surface area contributed by atoms with Crippen molar-refractivity contribution in [3.05, 3.63) is 42.2 Å². The van der Waals surface area contributed by atoms with Crippen LogP contribution in [-0.4, -0.2) is 35.1 Å². The summed E-state index contributed by atoms with van der Waals surface area (Å²) in [6.07, 6.45) is -2.06. The second-order valence-electron chi connectivity index (χ2n) is 5.13. The minimum Gasteiger partial charge on any atom is -0.495 e. The minimum atomic E-state index is -5.20. The molecule has 27 heavy (non-hydrogen) atoms. The van der Waals surface area contributed by atoms with Gasteiger partial charge in [-0.2, -0.15) is 18.7 Å². The topological polar surface area (TPSA) is 90.4 Å². The average Bonchev–Trinajstić information content (AvgIpc) is 3.08. The smallest absolute Gasteiger partial charge is 0.493 e. The number of rotatable bonds is 3. The largest absolute Gasteiger partial charge is 0.495 e. The molecule has 2 aromatic heterocycles. The van der Waals surface area contributed by atoms with Crippen molar-refractivity contribution in [2.75, 3.05) is 7.11 Å². The number of hydroxylamine groups is 1. The summed E-state index contributed by atoms with van der Waals surface area (Å²) in [6, 6.07) is 6.06. The van der Waals surface area contributed by atoms with E-state index in [4.69, 9.17) is 4.74 Å². The number of hydrogen-bond donors (Lipinski definition) is 1. The molecular formula is C16H10F3N3O4S. The van der Waals surface area contributed by atoms with E-state index in [1.165, 1.54) is 42.1 Å². The molecule has 0 saturated heterocycles. The lowest BCUT2D eigenvalue weighted by Crippen LogP contribution is -2.34. The summed E-state index contributed by atoms with van der Waals surface area (Å²) in [5.41, 5.74) is 2.78. The highest BCUT2D eigenvalue weighted by Crippen LogP contribution is 2.31. The van der Waals surface area contributed by atoms with Crippen molar-refractivity contribution < 1.29 is 32.3 Å². The van der Waals surface area contributed by atoms with Crippen LogP contribution in [-0.2, 0) is 9.63 Å². The van der Waals surface area contributed by atoms with E-state index in [9.17, 15) is 22.8 Å². The Balaban J connectivity index is 1.81. The van der Waals surface area contributed by atoms with Crippen molar-refractivity contribution in [1.82, 2.24) is 15.4 Å². The van der Waals surface area contributed by atoms with Crippen LogP contribution in [0.4, 0.5) is 13.2 Å². The van der Waals surface area contributed by atoms with Gasteiger partial charge in [-0.25, -0.2) is 9.78 Å². The Kier molecular flexibility index (Phi) is 4.95. The van der Waals surface area contributed by atoms with Gasteiger partial charge in [-0.3, -0.25) is 9.78 Å². The number of thiazole rings is 1. The zero-order chi connectivity index (χ0) is 19.6. The van der Waals surface area contributed by atoms with E-state index in [0.29, 0.717) is 26.5 Å². The van der Waals surface area contributed by atoms with Crippen LogP contribution < -0.4 is 10.2 Å². The highest BCUT2D eigenvalue weighted by atomic mass is 32.1. The van der Waals surface area contributed by atoms with Gasteiger partial charge in [-0.05, 0) is 24.3 Å². The van der Waals surface area contributed by atoms with E-state index in [-0.39, 0.29) is 5.56 Å². The first-order valence-corrected chi connectivity index (χ1v) is 8.08. The lowest BCUT2D eigenvalue weighted by atomic mass is 10.2. The number of hydrogen-bond acceptors (Lipinski definition) is 7. The Hall–Kier alpha value is -3.21. The molecule has 7 nitrogen and oxygen atoms in total. The van der Waals surface area contributed by atoms with Crippen LogP contribution >= 0.6 is 11.3 Å². The summed E-state index contributed by atoms with van der Waals surface area (Å²) in [6.45, 7) is 0. The molecule has 0 aliphatic carbocycles. The van der Waals surface area contributed by atoms with Crippen LogP contribution in [0.25, 0.3) is 20.8 Å². The number of benzene rings is 1. The Morgan fingerprint density at radius 2 is 1.96 bits per heavy atom. The Morgan fingerprint density at radius 3 is 2.67 bits per heavy atom. The predicted molar refractivity (Wildman–Crippen MR) is 89.0 cm³/mol. The molecular weight excluding hydrogens is 387 g/mol. The van der Waals surface area contributed by atoms with Crippen LogP contribution in [0.15, 0.2) is 36.7 Å². The molecule has 11 heteroatoms. The summed E-state index contributed by atoms with van der Waals surface area (Å²) in [4.78, 5) is 34.7. The average molecular weight is 397 g/mol. The van der Waals surface area contributed by atoms with Gasteiger partial charge in [0.2, 0.25) is 0 Å². The standard InChI is InChI=1S/C16H10F3N3O4S/c1-25-10-4-9(6-20-7-10)14-21-11-3-2-8(5-12(11)27-14)13(23)22-26-15(24)16(17,18)19/h2-7H,1H3,(H,22,23). The number of pyridine rings is 1. The molecule has 0 aliphatic heterocycles. The van der Waals surface area contributed by atoms with Gasteiger partial charge in [0.05, 0.1) is 23.5 Å². The minimum absolute atomic E-state index is 0.0106. The first kappa shape index (κ1) is 18.6. The zero-order valence-electron chi connectivity index (χ0n) is 13.5. The van der Waals surface area contributed by atoms with Crippen LogP contribution in [0, 0.1) is 0 Å². The monoisotopic (exact) mass is 397 g/mol. The maximum absolute atomic E-state index is 12.1. The number of amides is 1. The quantitative estimate of drug-likeness (QED) is 0.683. The van der Waals surface area contributed by atoms with Gasteiger partial charge in [-0.15, -0.1) is 11.3 Å². The molecule has 3 rings (SSSR count). The first-order valence-electron chi connectivity index (χ1n) is 7.26. The highest BCUT2D eigenvalue weighted by molar-refractivity contribution is 7.21. The van der Waals surface area contributed by atoms with Gasteiger partial charge >= 0.3 is 12.1 Å². The molecule has 0 unspecified atom stereocenters. The molecule has 1 N–H and O–H groups in total. The first-order chi connectivity index (χ1) is 12.8. The van der Waals surface area contributed by atoms with Gasteiger partial charge in [0.25, 0.3) is 5.91 Å². The third-order valence-corrected chi connectivity index (χ3v) is 4.38. The fourth-order valence-corrected chi connectivity index (χ4v) is 3.03. The molecule has 140 valence electrons. The third kappa shape index (κ3) is 4.14. The van der Waals surface area contributed by atoms with Crippen molar-refractivity contribution in [2.45, 2.75) is 6.18 Å². The summed E-state index contributed by atoms with van der Waals surface area (Å²) >= 11 is 1.26. The van der Waals surface area contributed by atoms with Gasteiger partial charge < -0.3 is 9.57 Å². The number of halogens is 3. The number of ether oxygens (including phenoxy) is 1. The van der Waals surface area contributed by atoms with Gasteiger partial charge in [0.15, 0.2) is 0 Å². The zero-order valence-corrected chi connectivity index (χ0v) is 14.4. The van der Waals surface area contributed by atoms with Gasteiger partial charge in [0.1, 0.15) is 10.8 Å². The van der Waals surface area contributed by atoms with Crippen molar-refractivity contribution >= 4 is 33.4 Å². The van der Waals surface area contributed by atoms with E-state index < -0.39 is 18.1 Å². The Labute approximate surface area is 153 Å². The van der Waals surface area contributed by atoms with Crippen molar-refractivity contribution in [2.24, 2.45) is 0 Å². The van der Waals surface area contributed by atoms with Crippen molar-refractivity contribution in [3.63, 3.8) is 0 Å². The van der Waals surface area contributed by atoms with E-state index in [1.807, 2.05) is 0 Å². The number of nitrogens with one attached hydrogen (secondary N) is 1. The lowest BCUT2D eigenvalue weighted by molar-refractivity contribution is -0.204. The van der Waals surface area contributed by atoms with E-state index >= 15 is 0 Å². The van der Waals surface area contributed by atoms with E-state index in [0.717, 1.165) is 0 Å². The Morgan fingerprint density at radius 1 is 1.19 bits per heavy atom.